The summed E-state index contributed by atoms with van der Waals surface area (Å²) in [5.41, 5.74) is 0.463. The summed E-state index contributed by atoms with van der Waals surface area (Å²) in [5, 5.41) is 4.29. The zero-order chi connectivity index (χ0) is 25.5. The Kier molecular flexibility index (Phi) is 6.85. The maximum atomic E-state index is 14.8. The SMILES string of the molecule is CC(C)(c1cc2cc(C(=O)Nc3cc(Cl)cc(Oc4ccc(Cl)cc4)c3)sc2cc1F)S(C)(=O)=O. The van der Waals surface area contributed by atoms with Crippen molar-refractivity contribution in [2.75, 3.05) is 11.6 Å². The number of nitrogens with one attached hydrogen (secondary N) is 1. The molecule has 3 aromatic carbocycles. The zero-order valence-electron chi connectivity index (χ0n) is 18.9. The second-order valence-electron chi connectivity index (χ2n) is 8.45. The molecule has 0 saturated heterocycles. The Hall–Kier alpha value is -2.65. The molecule has 4 aromatic rings. The van der Waals surface area contributed by atoms with E-state index in [-0.39, 0.29) is 5.56 Å². The molecule has 1 aromatic heterocycles. The molecule has 0 aliphatic rings. The van der Waals surface area contributed by atoms with Crippen LogP contribution < -0.4 is 10.1 Å². The minimum absolute atomic E-state index is 0.0519. The average Bonchev–Trinajstić information content (AvgIpc) is 3.16. The Morgan fingerprint density at radius 1 is 0.971 bits per heavy atom. The number of halogens is 3. The average molecular weight is 552 g/mol. The number of hydrogen-bond acceptors (Lipinski definition) is 5. The summed E-state index contributed by atoms with van der Waals surface area (Å²) in [5.74, 6) is -0.0923. The fourth-order valence-corrected chi connectivity index (χ4v) is 5.23. The van der Waals surface area contributed by atoms with E-state index in [1.807, 2.05) is 0 Å². The summed E-state index contributed by atoms with van der Waals surface area (Å²) in [6.45, 7) is 2.91. The maximum absolute atomic E-state index is 14.8. The van der Waals surface area contributed by atoms with Crippen molar-refractivity contribution < 1.29 is 22.3 Å². The van der Waals surface area contributed by atoms with Gasteiger partial charge in [-0.1, -0.05) is 23.2 Å². The van der Waals surface area contributed by atoms with Crippen molar-refractivity contribution in [2.45, 2.75) is 18.6 Å². The molecule has 182 valence electrons. The first kappa shape index (κ1) is 25.4. The standard InChI is InChI=1S/C25H20Cl2FNO4S2/c1-25(2,35(3,31)32)20-8-14-9-23(34-22(14)13-21(20)28)24(30)29-17-10-16(27)11-19(12-17)33-18-6-4-15(26)5-7-18/h4-13H,1-3H3,(H,29,30). The molecule has 0 bridgehead atoms. The van der Waals surface area contributed by atoms with Gasteiger partial charge >= 0.3 is 0 Å². The molecule has 0 saturated carbocycles. The highest BCUT2D eigenvalue weighted by Crippen LogP contribution is 2.36. The molecule has 0 atom stereocenters. The van der Waals surface area contributed by atoms with Gasteiger partial charge in [-0.25, -0.2) is 12.8 Å². The Bertz CT molecular complexity index is 1550. The molecular formula is C25H20Cl2FNO4S2. The van der Waals surface area contributed by atoms with Gasteiger partial charge < -0.3 is 10.1 Å². The number of hydrogen-bond donors (Lipinski definition) is 1. The lowest BCUT2D eigenvalue weighted by atomic mass is 10.00. The van der Waals surface area contributed by atoms with E-state index in [9.17, 15) is 17.6 Å². The van der Waals surface area contributed by atoms with Gasteiger partial charge in [0.2, 0.25) is 0 Å². The van der Waals surface area contributed by atoms with E-state index >= 15 is 0 Å². The van der Waals surface area contributed by atoms with E-state index in [1.54, 1.807) is 48.5 Å². The van der Waals surface area contributed by atoms with Gasteiger partial charge in [0.15, 0.2) is 9.84 Å². The monoisotopic (exact) mass is 551 g/mol. The first-order valence-corrected chi connectivity index (χ1v) is 13.8. The van der Waals surface area contributed by atoms with Gasteiger partial charge in [-0.05, 0) is 73.8 Å². The molecule has 1 N–H and O–H groups in total. The van der Waals surface area contributed by atoms with E-state index in [0.717, 1.165) is 17.6 Å². The summed E-state index contributed by atoms with van der Waals surface area (Å²) in [6.07, 6.45) is 1.07. The van der Waals surface area contributed by atoms with Crippen LogP contribution in [0.1, 0.15) is 29.1 Å². The van der Waals surface area contributed by atoms with Crippen LogP contribution in [-0.4, -0.2) is 20.6 Å². The molecule has 0 unspecified atom stereocenters. The number of rotatable bonds is 6. The Labute approximate surface area is 216 Å². The van der Waals surface area contributed by atoms with Gasteiger partial charge in [-0.2, -0.15) is 0 Å². The van der Waals surface area contributed by atoms with E-state index in [0.29, 0.717) is 42.2 Å². The number of carbonyl (C=O) groups excluding carboxylic acids is 1. The molecule has 0 fully saturated rings. The summed E-state index contributed by atoms with van der Waals surface area (Å²) < 4.78 is 44.1. The van der Waals surface area contributed by atoms with Gasteiger partial charge in [-0.15, -0.1) is 11.3 Å². The predicted octanol–water partition coefficient (Wildman–Crippen LogP) is 7.67. The molecule has 0 spiro atoms. The van der Waals surface area contributed by atoms with Crippen LogP contribution in [0.3, 0.4) is 0 Å². The van der Waals surface area contributed by atoms with Crippen molar-refractivity contribution in [1.29, 1.82) is 0 Å². The van der Waals surface area contributed by atoms with Gasteiger partial charge in [0.05, 0.1) is 9.62 Å². The summed E-state index contributed by atoms with van der Waals surface area (Å²) in [6, 6.07) is 16.0. The Balaban J connectivity index is 1.60. The third-order valence-corrected chi connectivity index (χ3v) is 9.22. The molecule has 10 heteroatoms. The lowest BCUT2D eigenvalue weighted by Gasteiger charge is -2.23. The maximum Gasteiger partial charge on any atom is 0.265 e. The van der Waals surface area contributed by atoms with Crippen molar-refractivity contribution >= 4 is 66.1 Å². The normalized spacial score (nSPS) is 12.1. The second-order valence-corrected chi connectivity index (χ2v) is 13.0. The number of benzene rings is 3. The van der Waals surface area contributed by atoms with Crippen LogP contribution in [0.5, 0.6) is 11.5 Å². The largest absolute Gasteiger partial charge is 0.457 e. The highest BCUT2D eigenvalue weighted by Gasteiger charge is 2.35. The van der Waals surface area contributed by atoms with Crippen LogP contribution in [0.2, 0.25) is 10.0 Å². The fraction of sp³-hybridized carbons (Fsp3) is 0.160. The van der Waals surface area contributed by atoms with E-state index in [4.69, 9.17) is 27.9 Å². The fourth-order valence-electron chi connectivity index (χ4n) is 3.36. The number of carbonyl (C=O) groups is 1. The Morgan fingerprint density at radius 3 is 2.31 bits per heavy atom. The smallest absolute Gasteiger partial charge is 0.265 e. The number of thiophene rings is 1. The molecule has 4 rings (SSSR count). The van der Waals surface area contributed by atoms with Crippen molar-refractivity contribution in [3.8, 4) is 11.5 Å². The molecule has 0 aliphatic carbocycles. The number of ether oxygens (including phenoxy) is 1. The van der Waals surface area contributed by atoms with Crippen LogP contribution >= 0.6 is 34.5 Å². The highest BCUT2D eigenvalue weighted by molar-refractivity contribution is 7.91. The number of sulfone groups is 1. The topological polar surface area (TPSA) is 72.5 Å². The number of fused-ring (bicyclic) bond motifs is 1. The van der Waals surface area contributed by atoms with Crippen molar-refractivity contribution in [2.24, 2.45) is 0 Å². The second kappa shape index (κ2) is 9.43. The van der Waals surface area contributed by atoms with Crippen LogP contribution in [-0.2, 0) is 14.6 Å². The van der Waals surface area contributed by atoms with E-state index in [2.05, 4.69) is 5.32 Å². The summed E-state index contributed by atoms with van der Waals surface area (Å²) in [4.78, 5) is 13.3. The summed E-state index contributed by atoms with van der Waals surface area (Å²) >= 11 is 13.2. The van der Waals surface area contributed by atoms with Crippen LogP contribution in [0.15, 0.2) is 60.7 Å². The third-order valence-electron chi connectivity index (χ3n) is 5.58. The number of amides is 1. The molecule has 1 amide bonds. The van der Waals surface area contributed by atoms with Crippen LogP contribution in [0.25, 0.3) is 10.1 Å². The first-order chi connectivity index (χ1) is 16.3. The molecule has 0 radical (unpaired) electrons. The number of anilines is 1. The van der Waals surface area contributed by atoms with Gasteiger partial charge in [0.1, 0.15) is 17.3 Å². The molecule has 35 heavy (non-hydrogen) atoms. The minimum Gasteiger partial charge on any atom is -0.457 e. The van der Waals surface area contributed by atoms with E-state index in [1.165, 1.54) is 26.0 Å². The molecule has 5 nitrogen and oxygen atoms in total. The van der Waals surface area contributed by atoms with Crippen molar-refractivity contribution in [1.82, 2.24) is 0 Å². The lowest BCUT2D eigenvalue weighted by Crippen LogP contribution is -2.29. The lowest BCUT2D eigenvalue weighted by molar-refractivity contribution is 0.103. The van der Waals surface area contributed by atoms with Crippen LogP contribution in [0, 0.1) is 5.82 Å². The summed E-state index contributed by atoms with van der Waals surface area (Å²) in [7, 11) is -3.58. The van der Waals surface area contributed by atoms with Crippen molar-refractivity contribution in [3.05, 3.63) is 87.0 Å². The molecule has 1 heterocycles. The van der Waals surface area contributed by atoms with Gasteiger partial charge in [0, 0.05) is 38.3 Å². The third kappa shape index (κ3) is 5.46. The Morgan fingerprint density at radius 2 is 1.66 bits per heavy atom. The van der Waals surface area contributed by atoms with Crippen LogP contribution in [0.4, 0.5) is 10.1 Å². The predicted molar refractivity (Wildman–Crippen MR) is 141 cm³/mol. The van der Waals surface area contributed by atoms with E-state index < -0.39 is 26.3 Å². The van der Waals surface area contributed by atoms with Gasteiger partial charge in [0.25, 0.3) is 5.91 Å². The van der Waals surface area contributed by atoms with Crippen molar-refractivity contribution in [3.63, 3.8) is 0 Å². The molecular weight excluding hydrogens is 532 g/mol. The zero-order valence-corrected chi connectivity index (χ0v) is 22.0. The molecule has 0 aliphatic heterocycles. The highest BCUT2D eigenvalue weighted by atomic mass is 35.5. The quantitative estimate of drug-likeness (QED) is 0.266. The van der Waals surface area contributed by atoms with Gasteiger partial charge in [-0.3, -0.25) is 4.79 Å². The first-order valence-electron chi connectivity index (χ1n) is 10.3. The minimum atomic E-state index is -3.58.